The number of nitrogens with one attached hydrogen (secondary N) is 1. The topological polar surface area (TPSA) is 90.0 Å². The standard InChI is InChI=1S/C21H19Cl2N7O/c1-21(2)6-12(13-8-24-17-5-16(23)28-30(17)19(13)21)20(31)27-11-4-14(22)18(25-7-11)15-9-29(3)10-26-15/h4-5,7-10,12H,6H2,1-3H3,(H,27,31)/t12-/m1/s1. The fraction of sp³-hybridized carbons (Fsp3) is 0.286. The Labute approximate surface area is 188 Å². The van der Waals surface area contributed by atoms with Crippen molar-refractivity contribution in [2.24, 2.45) is 7.05 Å². The van der Waals surface area contributed by atoms with Gasteiger partial charge in [-0.2, -0.15) is 5.10 Å². The third-order valence-electron chi connectivity index (χ3n) is 5.59. The molecule has 5 rings (SSSR count). The lowest BCUT2D eigenvalue weighted by Crippen LogP contribution is -2.21. The average Bonchev–Trinajstić information content (AvgIpc) is 3.36. The first kappa shape index (κ1) is 20.0. The highest BCUT2D eigenvalue weighted by atomic mass is 35.5. The number of anilines is 1. The number of pyridine rings is 1. The zero-order valence-corrected chi connectivity index (χ0v) is 18.6. The molecule has 1 aliphatic rings. The van der Waals surface area contributed by atoms with Crippen LogP contribution in [0.2, 0.25) is 10.2 Å². The van der Waals surface area contributed by atoms with Crippen molar-refractivity contribution in [3.05, 3.63) is 58.5 Å². The van der Waals surface area contributed by atoms with Gasteiger partial charge in [-0.05, 0) is 12.5 Å². The lowest BCUT2D eigenvalue weighted by Gasteiger charge is -2.19. The maximum atomic E-state index is 13.2. The molecule has 1 atom stereocenters. The van der Waals surface area contributed by atoms with Crippen molar-refractivity contribution in [2.45, 2.75) is 31.6 Å². The van der Waals surface area contributed by atoms with Crippen molar-refractivity contribution in [3.8, 4) is 11.4 Å². The van der Waals surface area contributed by atoms with Crippen LogP contribution in [0.25, 0.3) is 17.0 Å². The molecule has 0 spiro atoms. The van der Waals surface area contributed by atoms with Gasteiger partial charge < -0.3 is 9.88 Å². The molecule has 1 N–H and O–H groups in total. The van der Waals surface area contributed by atoms with Crippen LogP contribution < -0.4 is 5.32 Å². The maximum Gasteiger partial charge on any atom is 0.232 e. The number of nitrogens with zero attached hydrogens (tertiary/aromatic N) is 6. The first-order chi connectivity index (χ1) is 14.7. The molecule has 0 saturated heterocycles. The summed E-state index contributed by atoms with van der Waals surface area (Å²) in [4.78, 5) is 26.3. The Bertz CT molecular complexity index is 1340. The highest BCUT2D eigenvalue weighted by Gasteiger charge is 2.43. The van der Waals surface area contributed by atoms with E-state index in [1.54, 1.807) is 35.4 Å². The maximum absolute atomic E-state index is 13.2. The van der Waals surface area contributed by atoms with E-state index in [0.29, 0.717) is 39.3 Å². The zero-order chi connectivity index (χ0) is 21.9. The van der Waals surface area contributed by atoms with Gasteiger partial charge in [0.1, 0.15) is 11.4 Å². The number of imidazole rings is 1. The molecule has 4 aromatic heterocycles. The Kier molecular flexibility index (Phi) is 4.53. The molecule has 0 radical (unpaired) electrons. The minimum Gasteiger partial charge on any atom is -0.340 e. The third-order valence-corrected chi connectivity index (χ3v) is 6.06. The molecule has 0 unspecified atom stereocenters. The van der Waals surface area contributed by atoms with E-state index in [0.717, 1.165) is 11.3 Å². The van der Waals surface area contributed by atoms with Crippen LogP contribution in [0.3, 0.4) is 0 Å². The van der Waals surface area contributed by atoms with Crippen LogP contribution in [0.1, 0.15) is 37.4 Å². The summed E-state index contributed by atoms with van der Waals surface area (Å²) in [5, 5.41) is 8.10. The summed E-state index contributed by atoms with van der Waals surface area (Å²) >= 11 is 12.5. The first-order valence-corrected chi connectivity index (χ1v) is 10.5. The van der Waals surface area contributed by atoms with Crippen LogP contribution in [0, 0.1) is 0 Å². The van der Waals surface area contributed by atoms with E-state index < -0.39 is 0 Å². The number of fused-ring (bicyclic) bond motifs is 3. The molecule has 8 nitrogen and oxygen atoms in total. The molecular formula is C21H19Cl2N7O. The molecule has 1 amide bonds. The average molecular weight is 456 g/mol. The van der Waals surface area contributed by atoms with E-state index in [1.807, 2.05) is 17.8 Å². The molecule has 0 fully saturated rings. The summed E-state index contributed by atoms with van der Waals surface area (Å²) in [6.45, 7) is 4.18. The van der Waals surface area contributed by atoms with Gasteiger partial charge in [-0.25, -0.2) is 14.5 Å². The monoisotopic (exact) mass is 455 g/mol. The minimum absolute atomic E-state index is 0.144. The number of carbonyl (C=O) groups excluding carboxylic acids is 1. The fourth-order valence-electron chi connectivity index (χ4n) is 4.26. The van der Waals surface area contributed by atoms with Gasteiger partial charge in [0.25, 0.3) is 0 Å². The highest BCUT2D eigenvalue weighted by molar-refractivity contribution is 6.33. The van der Waals surface area contributed by atoms with Gasteiger partial charge in [-0.3, -0.25) is 9.78 Å². The third kappa shape index (κ3) is 3.36. The Balaban J connectivity index is 1.44. The number of aryl methyl sites for hydroxylation is 1. The predicted molar refractivity (Wildman–Crippen MR) is 118 cm³/mol. The molecule has 1 aliphatic carbocycles. The molecule has 0 saturated carbocycles. The summed E-state index contributed by atoms with van der Waals surface area (Å²) in [5.41, 5.74) is 3.95. The van der Waals surface area contributed by atoms with Crippen molar-refractivity contribution in [1.82, 2.24) is 29.1 Å². The summed E-state index contributed by atoms with van der Waals surface area (Å²) in [5.74, 6) is -0.520. The smallest absolute Gasteiger partial charge is 0.232 e. The van der Waals surface area contributed by atoms with Crippen LogP contribution in [0.15, 0.2) is 37.1 Å². The molecule has 0 aliphatic heterocycles. The van der Waals surface area contributed by atoms with Gasteiger partial charge in [-0.15, -0.1) is 0 Å². The zero-order valence-electron chi connectivity index (χ0n) is 17.1. The highest BCUT2D eigenvalue weighted by Crippen LogP contribution is 2.46. The van der Waals surface area contributed by atoms with Crippen LogP contribution >= 0.6 is 23.2 Å². The molecule has 0 bridgehead atoms. The molecule has 4 heterocycles. The van der Waals surface area contributed by atoms with Crippen molar-refractivity contribution < 1.29 is 4.79 Å². The molecule has 31 heavy (non-hydrogen) atoms. The van der Waals surface area contributed by atoms with E-state index >= 15 is 0 Å². The fourth-order valence-corrected chi connectivity index (χ4v) is 4.70. The second kappa shape index (κ2) is 7.03. The molecule has 158 valence electrons. The summed E-state index contributed by atoms with van der Waals surface area (Å²) in [6.07, 6.45) is 7.47. The van der Waals surface area contributed by atoms with Gasteiger partial charge in [-0.1, -0.05) is 37.0 Å². The summed E-state index contributed by atoms with van der Waals surface area (Å²) < 4.78 is 3.56. The van der Waals surface area contributed by atoms with E-state index in [4.69, 9.17) is 23.2 Å². The van der Waals surface area contributed by atoms with Crippen LogP contribution in [0.5, 0.6) is 0 Å². The van der Waals surface area contributed by atoms with E-state index in [2.05, 4.69) is 39.2 Å². The largest absolute Gasteiger partial charge is 0.340 e. The molecular weight excluding hydrogens is 437 g/mol. The van der Waals surface area contributed by atoms with Gasteiger partial charge in [0.05, 0.1) is 34.8 Å². The predicted octanol–water partition coefficient (Wildman–Crippen LogP) is 4.24. The van der Waals surface area contributed by atoms with Gasteiger partial charge in [0.2, 0.25) is 5.91 Å². The van der Waals surface area contributed by atoms with Crippen LogP contribution in [0.4, 0.5) is 5.69 Å². The number of hydrogen-bond donors (Lipinski definition) is 1. The summed E-state index contributed by atoms with van der Waals surface area (Å²) in [7, 11) is 1.87. The van der Waals surface area contributed by atoms with Crippen LogP contribution in [-0.2, 0) is 17.3 Å². The minimum atomic E-state index is -0.376. The second-order valence-corrected chi connectivity index (χ2v) is 9.20. The number of hydrogen-bond acceptors (Lipinski definition) is 5. The van der Waals surface area contributed by atoms with Crippen molar-refractivity contribution in [2.75, 3.05) is 5.32 Å². The lowest BCUT2D eigenvalue weighted by atomic mass is 9.88. The SMILES string of the molecule is Cn1cnc(-c2ncc(NC(=O)[C@@H]3CC(C)(C)c4c3cnc3cc(Cl)nn43)cc2Cl)c1. The number of carbonyl (C=O) groups is 1. The number of amides is 1. The van der Waals surface area contributed by atoms with E-state index in [-0.39, 0.29) is 17.2 Å². The Morgan fingerprint density at radius 1 is 1.19 bits per heavy atom. The van der Waals surface area contributed by atoms with Crippen molar-refractivity contribution in [1.29, 1.82) is 0 Å². The molecule has 10 heteroatoms. The first-order valence-electron chi connectivity index (χ1n) is 9.72. The summed E-state index contributed by atoms with van der Waals surface area (Å²) in [6, 6.07) is 3.40. The molecule has 4 aromatic rings. The number of halogens is 2. The molecule has 0 aromatic carbocycles. The Morgan fingerprint density at radius 3 is 2.71 bits per heavy atom. The van der Waals surface area contributed by atoms with Crippen LogP contribution in [-0.4, -0.2) is 35.0 Å². The Hall–Kier alpha value is -2.97. The van der Waals surface area contributed by atoms with E-state index in [1.165, 1.54) is 0 Å². The Morgan fingerprint density at radius 2 is 2.00 bits per heavy atom. The van der Waals surface area contributed by atoms with Crippen molar-refractivity contribution in [3.63, 3.8) is 0 Å². The quantitative estimate of drug-likeness (QED) is 0.498. The van der Waals surface area contributed by atoms with Gasteiger partial charge in [0, 0.05) is 36.5 Å². The number of rotatable bonds is 3. The number of aromatic nitrogens is 6. The van der Waals surface area contributed by atoms with Gasteiger partial charge >= 0.3 is 0 Å². The van der Waals surface area contributed by atoms with Gasteiger partial charge in [0.15, 0.2) is 10.8 Å². The lowest BCUT2D eigenvalue weighted by molar-refractivity contribution is -0.117. The van der Waals surface area contributed by atoms with Crippen molar-refractivity contribution >= 4 is 40.4 Å². The normalized spacial score (nSPS) is 17.1. The second-order valence-electron chi connectivity index (χ2n) is 8.41. The van der Waals surface area contributed by atoms with E-state index in [9.17, 15) is 4.79 Å².